The van der Waals surface area contributed by atoms with E-state index in [4.69, 9.17) is 4.74 Å². The van der Waals surface area contributed by atoms with Crippen molar-refractivity contribution < 1.29 is 4.74 Å². The summed E-state index contributed by atoms with van der Waals surface area (Å²) in [6, 6.07) is 7.79. The minimum atomic E-state index is -0.288. The van der Waals surface area contributed by atoms with Crippen LogP contribution in [0.4, 0.5) is 5.82 Å². The molecule has 0 bridgehead atoms. The number of hydrogen-bond acceptors (Lipinski definition) is 6. The highest BCUT2D eigenvalue weighted by molar-refractivity contribution is 7.99. The molecule has 0 saturated heterocycles. The molecule has 0 aliphatic carbocycles. The molecule has 0 spiro atoms. The highest BCUT2D eigenvalue weighted by Crippen LogP contribution is 2.22. The molecule has 3 N–H and O–H groups in total. The Labute approximate surface area is 143 Å². The van der Waals surface area contributed by atoms with Crippen LogP contribution in [-0.4, -0.2) is 32.8 Å². The molecule has 0 fully saturated rings. The van der Waals surface area contributed by atoms with Crippen LogP contribution < -0.4 is 15.7 Å². The number of methoxy groups -OCH3 is 1. The van der Waals surface area contributed by atoms with E-state index < -0.39 is 0 Å². The van der Waals surface area contributed by atoms with Crippen LogP contribution in [0, 0.1) is 0 Å². The van der Waals surface area contributed by atoms with Gasteiger partial charge in [-0.05, 0) is 24.1 Å². The van der Waals surface area contributed by atoms with Gasteiger partial charge in [0, 0.05) is 12.3 Å². The fourth-order valence-corrected chi connectivity index (χ4v) is 2.91. The number of imidazole rings is 1. The van der Waals surface area contributed by atoms with E-state index >= 15 is 0 Å². The number of nitrogens with zero attached hydrogens (tertiary/aromatic N) is 2. The second-order valence-electron chi connectivity index (χ2n) is 5.21. The second kappa shape index (κ2) is 7.39. The third-order valence-corrected chi connectivity index (χ3v) is 4.47. The predicted molar refractivity (Wildman–Crippen MR) is 95.8 cm³/mol. The van der Waals surface area contributed by atoms with Crippen LogP contribution in [0.3, 0.4) is 0 Å². The third kappa shape index (κ3) is 3.70. The Morgan fingerprint density at radius 1 is 1.21 bits per heavy atom. The van der Waals surface area contributed by atoms with Gasteiger partial charge in [0.1, 0.15) is 11.3 Å². The van der Waals surface area contributed by atoms with Gasteiger partial charge in [-0.2, -0.15) is 0 Å². The molecular formula is C16H19N5O2S. The lowest BCUT2D eigenvalue weighted by Crippen LogP contribution is -2.04. The van der Waals surface area contributed by atoms with E-state index in [1.165, 1.54) is 0 Å². The summed E-state index contributed by atoms with van der Waals surface area (Å²) in [7, 11) is 1.64. The minimum absolute atomic E-state index is 0.288. The zero-order valence-electron chi connectivity index (χ0n) is 13.5. The molecule has 2 heterocycles. The Morgan fingerprint density at radius 3 is 2.71 bits per heavy atom. The van der Waals surface area contributed by atoms with Crippen molar-refractivity contribution in [1.29, 1.82) is 0 Å². The van der Waals surface area contributed by atoms with Crippen LogP contribution in [0.5, 0.6) is 5.75 Å². The highest BCUT2D eigenvalue weighted by Gasteiger charge is 2.11. The van der Waals surface area contributed by atoms with E-state index in [0.717, 1.165) is 23.5 Å². The predicted octanol–water partition coefficient (Wildman–Crippen LogP) is 2.77. The molecule has 0 unspecified atom stereocenters. The maximum absolute atomic E-state index is 11.6. The smallest absolute Gasteiger partial charge is 0.325 e. The van der Waals surface area contributed by atoms with Crippen LogP contribution in [0.25, 0.3) is 11.2 Å². The van der Waals surface area contributed by atoms with E-state index in [9.17, 15) is 4.79 Å². The lowest BCUT2D eigenvalue weighted by Gasteiger charge is -2.09. The van der Waals surface area contributed by atoms with Gasteiger partial charge in [-0.15, -0.1) is 0 Å². The molecule has 3 aromatic rings. The lowest BCUT2D eigenvalue weighted by atomic mass is 10.2. The zero-order valence-corrected chi connectivity index (χ0v) is 14.4. The Hall–Kier alpha value is -2.48. The van der Waals surface area contributed by atoms with Gasteiger partial charge >= 0.3 is 5.69 Å². The van der Waals surface area contributed by atoms with Gasteiger partial charge < -0.3 is 15.0 Å². The van der Waals surface area contributed by atoms with Gasteiger partial charge in [-0.25, -0.2) is 14.8 Å². The number of fused-ring (bicyclic) bond motifs is 1. The number of ether oxygens (including phenoxy) is 1. The molecule has 0 amide bonds. The number of aromatic nitrogens is 4. The van der Waals surface area contributed by atoms with Gasteiger partial charge in [0.05, 0.1) is 7.11 Å². The monoisotopic (exact) mass is 345 g/mol. The Kier molecular flexibility index (Phi) is 5.05. The van der Waals surface area contributed by atoms with Crippen molar-refractivity contribution in [1.82, 2.24) is 19.9 Å². The van der Waals surface area contributed by atoms with Crippen molar-refractivity contribution in [3.63, 3.8) is 0 Å². The molecule has 3 rings (SSSR count). The van der Waals surface area contributed by atoms with E-state index in [1.807, 2.05) is 24.3 Å². The van der Waals surface area contributed by atoms with Crippen molar-refractivity contribution in [2.45, 2.75) is 25.0 Å². The number of nitrogens with one attached hydrogen (secondary N) is 3. The molecular weight excluding hydrogens is 326 g/mol. The van der Waals surface area contributed by atoms with E-state index in [1.54, 1.807) is 18.9 Å². The van der Waals surface area contributed by atoms with E-state index in [0.29, 0.717) is 28.7 Å². The SMILES string of the molecule is CCCSc1nc(NCc2ccc(OC)cc2)c2[nH]c(=O)[nH]c2n1. The van der Waals surface area contributed by atoms with Crippen LogP contribution in [-0.2, 0) is 6.54 Å². The van der Waals surface area contributed by atoms with Crippen LogP contribution >= 0.6 is 11.8 Å². The molecule has 0 radical (unpaired) electrons. The largest absolute Gasteiger partial charge is 0.497 e. The summed E-state index contributed by atoms with van der Waals surface area (Å²) in [5.41, 5.74) is 1.91. The summed E-state index contributed by atoms with van der Waals surface area (Å²) < 4.78 is 5.16. The number of aromatic amines is 2. The van der Waals surface area contributed by atoms with Gasteiger partial charge in [0.2, 0.25) is 0 Å². The Bertz CT molecular complexity index is 872. The average molecular weight is 345 g/mol. The topological polar surface area (TPSA) is 95.7 Å². The zero-order chi connectivity index (χ0) is 16.9. The van der Waals surface area contributed by atoms with E-state index in [-0.39, 0.29) is 5.69 Å². The van der Waals surface area contributed by atoms with Crippen molar-refractivity contribution in [2.24, 2.45) is 0 Å². The first-order valence-corrected chi connectivity index (χ1v) is 8.67. The highest BCUT2D eigenvalue weighted by atomic mass is 32.2. The molecule has 126 valence electrons. The van der Waals surface area contributed by atoms with Crippen molar-refractivity contribution in [3.05, 3.63) is 40.3 Å². The lowest BCUT2D eigenvalue weighted by molar-refractivity contribution is 0.414. The minimum Gasteiger partial charge on any atom is -0.497 e. The van der Waals surface area contributed by atoms with Gasteiger partial charge in [-0.3, -0.25) is 4.98 Å². The average Bonchev–Trinajstić information content (AvgIpc) is 2.98. The molecule has 1 aromatic carbocycles. The molecule has 24 heavy (non-hydrogen) atoms. The first kappa shape index (κ1) is 16.4. The number of rotatable bonds is 7. The van der Waals surface area contributed by atoms with Crippen LogP contribution in [0.2, 0.25) is 0 Å². The summed E-state index contributed by atoms with van der Waals surface area (Å²) in [5, 5.41) is 3.93. The second-order valence-corrected chi connectivity index (χ2v) is 6.27. The van der Waals surface area contributed by atoms with Gasteiger partial charge in [0.25, 0.3) is 0 Å². The van der Waals surface area contributed by atoms with Crippen molar-refractivity contribution in [3.8, 4) is 5.75 Å². The van der Waals surface area contributed by atoms with Crippen LogP contribution in [0.15, 0.2) is 34.2 Å². The molecule has 0 aliphatic rings. The van der Waals surface area contributed by atoms with E-state index in [2.05, 4.69) is 32.2 Å². The maximum atomic E-state index is 11.6. The third-order valence-electron chi connectivity index (χ3n) is 3.41. The maximum Gasteiger partial charge on any atom is 0.325 e. The Balaban J connectivity index is 1.84. The molecule has 8 heteroatoms. The number of thioether (sulfide) groups is 1. The van der Waals surface area contributed by atoms with Crippen LogP contribution in [0.1, 0.15) is 18.9 Å². The van der Waals surface area contributed by atoms with Crippen molar-refractivity contribution >= 4 is 28.7 Å². The summed E-state index contributed by atoms with van der Waals surface area (Å²) >= 11 is 1.57. The first-order valence-electron chi connectivity index (χ1n) is 7.69. The normalized spacial score (nSPS) is 10.9. The molecule has 0 aliphatic heterocycles. The summed E-state index contributed by atoms with van der Waals surface area (Å²) in [5.74, 6) is 2.36. The summed E-state index contributed by atoms with van der Waals surface area (Å²) in [6.07, 6.45) is 1.03. The summed E-state index contributed by atoms with van der Waals surface area (Å²) in [6.45, 7) is 2.69. The first-order chi connectivity index (χ1) is 11.7. The number of benzene rings is 1. The Morgan fingerprint density at radius 2 is 2.00 bits per heavy atom. The number of anilines is 1. The van der Waals surface area contributed by atoms with Gasteiger partial charge in [-0.1, -0.05) is 30.8 Å². The number of hydrogen-bond donors (Lipinski definition) is 3. The quantitative estimate of drug-likeness (QED) is 0.450. The standard InChI is InChI=1S/C16H19N5O2S/c1-3-8-24-16-20-13(12-14(21-16)19-15(22)18-12)17-9-10-4-6-11(23-2)7-5-10/h4-7H,3,8-9H2,1-2H3,(H3,17,18,19,20,21,22). The molecule has 2 aromatic heterocycles. The molecule has 0 atom stereocenters. The molecule has 0 saturated carbocycles. The fourth-order valence-electron chi connectivity index (χ4n) is 2.22. The number of H-pyrrole nitrogens is 2. The van der Waals surface area contributed by atoms with Crippen molar-refractivity contribution in [2.75, 3.05) is 18.2 Å². The fraction of sp³-hybridized carbons (Fsp3) is 0.312. The summed E-state index contributed by atoms with van der Waals surface area (Å²) in [4.78, 5) is 25.9. The van der Waals surface area contributed by atoms with Gasteiger partial charge in [0.15, 0.2) is 16.6 Å². The molecule has 7 nitrogen and oxygen atoms in total.